The van der Waals surface area contributed by atoms with Gasteiger partial charge in [-0.15, -0.1) is 0 Å². The third-order valence-electron chi connectivity index (χ3n) is 3.71. The summed E-state index contributed by atoms with van der Waals surface area (Å²) in [5.41, 5.74) is 9.03. The Kier molecular flexibility index (Phi) is 3.84. The summed E-state index contributed by atoms with van der Waals surface area (Å²) in [7, 11) is 0. The van der Waals surface area contributed by atoms with Gasteiger partial charge in [-0.1, -0.05) is 31.2 Å². The van der Waals surface area contributed by atoms with E-state index in [9.17, 15) is 0 Å². The second-order valence-corrected chi connectivity index (χ2v) is 4.91. The first-order valence-corrected chi connectivity index (χ1v) is 6.35. The Labute approximate surface area is 118 Å². The SMILES string of the molecule is CC(CN)(c1ccc(C#N)cc1)c1ccc(C#N)cc1. The van der Waals surface area contributed by atoms with E-state index in [2.05, 4.69) is 19.1 Å². The highest BCUT2D eigenvalue weighted by atomic mass is 14.6. The van der Waals surface area contributed by atoms with Crippen LogP contribution in [0, 0.1) is 22.7 Å². The monoisotopic (exact) mass is 261 g/mol. The fourth-order valence-electron chi connectivity index (χ4n) is 2.23. The molecule has 3 heteroatoms. The fraction of sp³-hybridized carbons (Fsp3) is 0.176. The molecule has 0 saturated heterocycles. The predicted molar refractivity (Wildman–Crippen MR) is 77.8 cm³/mol. The molecule has 0 bridgehead atoms. The number of nitrogens with zero attached hydrogens (tertiary/aromatic N) is 2. The number of nitrogens with two attached hydrogens (primary N) is 1. The van der Waals surface area contributed by atoms with Gasteiger partial charge in [0.15, 0.2) is 0 Å². The molecule has 0 aliphatic carbocycles. The standard InChI is InChI=1S/C17H15N3/c1-17(12-20,15-6-2-13(10-18)3-7-15)16-8-4-14(11-19)5-9-16/h2-9H,12,20H2,1H3. The number of hydrogen-bond acceptors (Lipinski definition) is 3. The van der Waals surface area contributed by atoms with Gasteiger partial charge >= 0.3 is 0 Å². The van der Waals surface area contributed by atoms with E-state index in [1.165, 1.54) is 0 Å². The number of rotatable bonds is 3. The molecular weight excluding hydrogens is 246 g/mol. The lowest BCUT2D eigenvalue weighted by Gasteiger charge is -2.29. The molecule has 2 rings (SSSR count). The van der Waals surface area contributed by atoms with Crippen LogP contribution in [0.5, 0.6) is 0 Å². The Morgan fingerprint density at radius 3 is 1.45 bits per heavy atom. The highest BCUT2D eigenvalue weighted by Crippen LogP contribution is 2.31. The third kappa shape index (κ3) is 2.40. The molecule has 20 heavy (non-hydrogen) atoms. The predicted octanol–water partition coefficient (Wildman–Crippen LogP) is 2.69. The zero-order chi connectivity index (χ0) is 14.6. The van der Waals surface area contributed by atoms with E-state index in [1.54, 1.807) is 24.3 Å². The molecule has 0 unspecified atom stereocenters. The molecule has 2 aromatic carbocycles. The van der Waals surface area contributed by atoms with Crippen LogP contribution in [0.25, 0.3) is 0 Å². The quantitative estimate of drug-likeness (QED) is 0.923. The molecule has 0 spiro atoms. The average Bonchev–Trinajstić information content (AvgIpc) is 2.54. The van der Waals surface area contributed by atoms with Crippen molar-refractivity contribution in [1.82, 2.24) is 0 Å². The minimum atomic E-state index is -0.331. The van der Waals surface area contributed by atoms with E-state index >= 15 is 0 Å². The van der Waals surface area contributed by atoms with Gasteiger partial charge in [-0.25, -0.2) is 0 Å². The Morgan fingerprint density at radius 1 is 0.850 bits per heavy atom. The van der Waals surface area contributed by atoms with Gasteiger partial charge in [0, 0.05) is 12.0 Å². The highest BCUT2D eigenvalue weighted by Gasteiger charge is 2.27. The van der Waals surface area contributed by atoms with Crippen molar-refractivity contribution in [3.05, 3.63) is 70.8 Å². The van der Waals surface area contributed by atoms with E-state index in [4.69, 9.17) is 16.3 Å². The molecule has 0 aliphatic heterocycles. The van der Waals surface area contributed by atoms with Crippen molar-refractivity contribution < 1.29 is 0 Å². The van der Waals surface area contributed by atoms with Gasteiger partial charge in [0.1, 0.15) is 0 Å². The maximum atomic E-state index is 8.86. The van der Waals surface area contributed by atoms with Gasteiger partial charge in [0.25, 0.3) is 0 Å². The van der Waals surface area contributed by atoms with Gasteiger partial charge in [-0.3, -0.25) is 0 Å². The molecule has 0 aromatic heterocycles. The van der Waals surface area contributed by atoms with E-state index in [1.807, 2.05) is 24.3 Å². The molecule has 0 radical (unpaired) electrons. The van der Waals surface area contributed by atoms with Gasteiger partial charge in [0.2, 0.25) is 0 Å². The average molecular weight is 261 g/mol. The number of nitriles is 2. The maximum absolute atomic E-state index is 8.86. The van der Waals surface area contributed by atoms with Crippen molar-refractivity contribution in [3.8, 4) is 12.1 Å². The molecule has 3 nitrogen and oxygen atoms in total. The molecule has 2 aromatic rings. The van der Waals surface area contributed by atoms with E-state index in [0.29, 0.717) is 17.7 Å². The van der Waals surface area contributed by atoms with Gasteiger partial charge in [-0.2, -0.15) is 10.5 Å². The summed E-state index contributed by atoms with van der Waals surface area (Å²) in [6.07, 6.45) is 0. The van der Waals surface area contributed by atoms with Crippen LogP contribution in [-0.4, -0.2) is 6.54 Å². The lowest BCUT2D eigenvalue weighted by Crippen LogP contribution is -2.33. The molecule has 98 valence electrons. The van der Waals surface area contributed by atoms with Crippen LogP contribution in [0.1, 0.15) is 29.2 Å². The summed E-state index contributed by atoms with van der Waals surface area (Å²) < 4.78 is 0. The fourth-order valence-corrected chi connectivity index (χ4v) is 2.23. The summed E-state index contributed by atoms with van der Waals surface area (Å²) in [6, 6.07) is 19.2. The van der Waals surface area contributed by atoms with Crippen LogP contribution in [0.15, 0.2) is 48.5 Å². The van der Waals surface area contributed by atoms with Crippen molar-refractivity contribution in [1.29, 1.82) is 10.5 Å². The lowest BCUT2D eigenvalue weighted by molar-refractivity contribution is 0.584. The second kappa shape index (κ2) is 5.57. The Hall–Kier alpha value is -2.62. The molecule has 0 heterocycles. The molecule has 0 saturated carbocycles. The van der Waals surface area contributed by atoms with Crippen LogP contribution in [-0.2, 0) is 5.41 Å². The summed E-state index contributed by atoms with van der Waals surface area (Å²) in [5, 5.41) is 17.7. The van der Waals surface area contributed by atoms with E-state index < -0.39 is 0 Å². The summed E-state index contributed by atoms with van der Waals surface area (Å²) in [4.78, 5) is 0. The Bertz CT molecular complexity index is 613. The third-order valence-corrected chi connectivity index (χ3v) is 3.71. The zero-order valence-electron chi connectivity index (χ0n) is 11.3. The van der Waals surface area contributed by atoms with Gasteiger partial charge in [-0.05, 0) is 35.4 Å². The van der Waals surface area contributed by atoms with Gasteiger partial charge < -0.3 is 5.73 Å². The molecular formula is C17H15N3. The van der Waals surface area contributed by atoms with Crippen LogP contribution < -0.4 is 5.73 Å². The van der Waals surface area contributed by atoms with Crippen LogP contribution in [0.2, 0.25) is 0 Å². The Morgan fingerprint density at radius 2 is 1.20 bits per heavy atom. The Balaban J connectivity index is 2.46. The highest BCUT2D eigenvalue weighted by molar-refractivity contribution is 5.44. The first kappa shape index (κ1) is 13.8. The molecule has 0 fully saturated rings. The smallest absolute Gasteiger partial charge is 0.0991 e. The minimum Gasteiger partial charge on any atom is -0.329 e. The molecule has 0 aliphatic rings. The minimum absolute atomic E-state index is 0.331. The normalized spacial score (nSPS) is 10.6. The van der Waals surface area contributed by atoms with Crippen molar-refractivity contribution in [2.75, 3.05) is 6.54 Å². The first-order chi connectivity index (χ1) is 9.63. The van der Waals surface area contributed by atoms with E-state index in [-0.39, 0.29) is 5.41 Å². The summed E-state index contributed by atoms with van der Waals surface area (Å²) in [6.45, 7) is 2.51. The van der Waals surface area contributed by atoms with Gasteiger partial charge in [0.05, 0.1) is 23.3 Å². The summed E-state index contributed by atoms with van der Waals surface area (Å²) >= 11 is 0. The van der Waals surface area contributed by atoms with Crippen molar-refractivity contribution >= 4 is 0 Å². The van der Waals surface area contributed by atoms with Crippen LogP contribution >= 0.6 is 0 Å². The van der Waals surface area contributed by atoms with E-state index in [0.717, 1.165) is 11.1 Å². The summed E-state index contributed by atoms with van der Waals surface area (Å²) in [5.74, 6) is 0. The van der Waals surface area contributed by atoms with Crippen molar-refractivity contribution in [2.45, 2.75) is 12.3 Å². The van der Waals surface area contributed by atoms with Crippen molar-refractivity contribution in [2.24, 2.45) is 5.73 Å². The van der Waals surface area contributed by atoms with Crippen molar-refractivity contribution in [3.63, 3.8) is 0 Å². The molecule has 0 amide bonds. The first-order valence-electron chi connectivity index (χ1n) is 6.35. The lowest BCUT2D eigenvalue weighted by atomic mass is 9.76. The molecule has 2 N–H and O–H groups in total. The topological polar surface area (TPSA) is 73.6 Å². The van der Waals surface area contributed by atoms with Crippen LogP contribution in [0.3, 0.4) is 0 Å². The number of hydrogen-bond donors (Lipinski definition) is 1. The molecule has 0 atom stereocenters. The maximum Gasteiger partial charge on any atom is 0.0991 e. The zero-order valence-corrected chi connectivity index (χ0v) is 11.3. The largest absolute Gasteiger partial charge is 0.329 e. The van der Waals surface area contributed by atoms with Crippen LogP contribution in [0.4, 0.5) is 0 Å². The second-order valence-electron chi connectivity index (χ2n) is 4.91. The number of benzene rings is 2.